The highest BCUT2D eigenvalue weighted by molar-refractivity contribution is 6.02. The third kappa shape index (κ3) is 4.22. The van der Waals surface area contributed by atoms with Crippen LogP contribution in [0.2, 0.25) is 0 Å². The lowest BCUT2D eigenvalue weighted by Gasteiger charge is -2.12. The Morgan fingerprint density at radius 2 is 1.73 bits per heavy atom. The molecule has 0 aliphatic carbocycles. The number of hydrogen-bond donors (Lipinski definition) is 1. The summed E-state index contributed by atoms with van der Waals surface area (Å²) in [6.07, 6.45) is 0.116. The van der Waals surface area contributed by atoms with Gasteiger partial charge in [0.1, 0.15) is 5.69 Å². The van der Waals surface area contributed by atoms with Crippen molar-refractivity contribution in [2.45, 2.75) is 26.3 Å². The molecule has 0 atom stereocenters. The number of nitrogens with zero attached hydrogens (tertiary/aromatic N) is 2. The van der Waals surface area contributed by atoms with Gasteiger partial charge in [-0.15, -0.1) is 5.06 Å². The number of benzene rings is 2. The van der Waals surface area contributed by atoms with Crippen LogP contribution in [-0.4, -0.2) is 28.0 Å². The fraction of sp³-hybridized carbons (Fsp3) is 0.182. The van der Waals surface area contributed by atoms with E-state index in [9.17, 15) is 14.4 Å². The Morgan fingerprint density at radius 1 is 1.07 bits per heavy atom. The number of carbonyl (C=O) groups is 3. The summed E-state index contributed by atoms with van der Waals surface area (Å²) in [5.74, 6) is -1.09. The molecule has 1 aliphatic heterocycles. The van der Waals surface area contributed by atoms with Gasteiger partial charge < -0.3 is 14.7 Å². The maximum absolute atomic E-state index is 12.1. The molecule has 2 amide bonds. The van der Waals surface area contributed by atoms with Gasteiger partial charge in [-0.3, -0.25) is 9.59 Å². The van der Waals surface area contributed by atoms with Crippen LogP contribution in [-0.2, 0) is 21.0 Å². The zero-order valence-electron chi connectivity index (χ0n) is 16.3. The van der Waals surface area contributed by atoms with E-state index in [0.29, 0.717) is 17.4 Å². The minimum absolute atomic E-state index is 0.0582. The Hall–Kier alpha value is -3.94. The zero-order chi connectivity index (χ0) is 21.1. The third-order valence-corrected chi connectivity index (χ3v) is 4.67. The van der Waals surface area contributed by atoms with Gasteiger partial charge >= 0.3 is 5.97 Å². The first-order valence-electron chi connectivity index (χ1n) is 9.44. The number of aromatic nitrogens is 1. The van der Waals surface area contributed by atoms with Gasteiger partial charge in [0.15, 0.2) is 5.76 Å². The average Bonchev–Trinajstić information content (AvgIpc) is 3.35. The molecule has 1 N–H and O–H groups in total. The summed E-state index contributed by atoms with van der Waals surface area (Å²) in [5, 5.41) is 7.79. The molecule has 1 aliphatic rings. The molecule has 0 unspecified atom stereocenters. The molecule has 4 rings (SSSR count). The van der Waals surface area contributed by atoms with Crippen molar-refractivity contribution in [2.75, 3.05) is 5.32 Å². The van der Waals surface area contributed by atoms with Crippen molar-refractivity contribution >= 4 is 23.5 Å². The highest BCUT2D eigenvalue weighted by Gasteiger charge is 2.33. The van der Waals surface area contributed by atoms with Crippen LogP contribution in [0.1, 0.15) is 34.5 Å². The van der Waals surface area contributed by atoms with Crippen molar-refractivity contribution in [3.8, 4) is 11.3 Å². The van der Waals surface area contributed by atoms with Crippen LogP contribution in [0, 0.1) is 6.92 Å². The number of anilines is 1. The molecule has 152 valence electrons. The van der Waals surface area contributed by atoms with E-state index >= 15 is 0 Å². The minimum Gasteiger partial charge on any atom is -0.379 e. The van der Waals surface area contributed by atoms with Crippen molar-refractivity contribution in [1.29, 1.82) is 0 Å². The van der Waals surface area contributed by atoms with E-state index in [0.717, 1.165) is 16.9 Å². The van der Waals surface area contributed by atoms with Gasteiger partial charge in [-0.25, -0.2) is 4.79 Å². The highest BCUT2D eigenvalue weighted by Crippen LogP contribution is 2.21. The quantitative estimate of drug-likeness (QED) is 0.627. The first-order chi connectivity index (χ1) is 14.5. The molecule has 2 aromatic carbocycles. The molecule has 8 nitrogen and oxygen atoms in total. The van der Waals surface area contributed by atoms with Gasteiger partial charge in [0.2, 0.25) is 0 Å². The van der Waals surface area contributed by atoms with Crippen LogP contribution < -0.4 is 5.32 Å². The van der Waals surface area contributed by atoms with Crippen LogP contribution in [0.15, 0.2) is 59.1 Å². The van der Waals surface area contributed by atoms with E-state index < -0.39 is 17.8 Å². The molecule has 0 spiro atoms. The first kappa shape index (κ1) is 19.4. The summed E-state index contributed by atoms with van der Waals surface area (Å²) in [4.78, 5) is 40.1. The van der Waals surface area contributed by atoms with Crippen LogP contribution in [0.3, 0.4) is 0 Å². The Bertz CT molecular complexity index is 1070. The minimum atomic E-state index is -0.760. The monoisotopic (exact) mass is 405 g/mol. The predicted octanol–water partition coefficient (Wildman–Crippen LogP) is 3.48. The highest BCUT2D eigenvalue weighted by atomic mass is 16.7. The Morgan fingerprint density at radius 3 is 2.40 bits per heavy atom. The molecule has 0 saturated carbocycles. The van der Waals surface area contributed by atoms with E-state index in [-0.39, 0.29) is 18.4 Å². The molecule has 1 aromatic heterocycles. The smallest absolute Gasteiger partial charge is 0.363 e. The number of amides is 2. The lowest BCUT2D eigenvalue weighted by atomic mass is 10.1. The van der Waals surface area contributed by atoms with Crippen molar-refractivity contribution in [3.63, 3.8) is 0 Å². The van der Waals surface area contributed by atoms with Gasteiger partial charge in [-0.2, -0.15) is 0 Å². The number of rotatable bonds is 6. The molecule has 1 fully saturated rings. The van der Waals surface area contributed by atoms with Gasteiger partial charge in [0, 0.05) is 30.2 Å². The maximum Gasteiger partial charge on any atom is 0.363 e. The molecular weight excluding hydrogens is 386 g/mol. The van der Waals surface area contributed by atoms with E-state index in [2.05, 4.69) is 10.5 Å². The van der Waals surface area contributed by atoms with Crippen LogP contribution in [0.4, 0.5) is 5.69 Å². The predicted molar refractivity (Wildman–Crippen MR) is 107 cm³/mol. The standard InChI is InChI=1S/C22H19N3O5/c1-14-2-4-15(5-3-14)19-12-18(24-29-19)13-23-17-8-6-16(7-9-17)22(28)30-25-20(26)10-11-21(25)27/h2-9,12,23H,10-11,13H2,1H3. The second-order valence-electron chi connectivity index (χ2n) is 6.94. The van der Waals surface area contributed by atoms with Gasteiger partial charge in [0.05, 0.1) is 12.1 Å². The molecule has 0 bridgehead atoms. The van der Waals surface area contributed by atoms with E-state index in [1.54, 1.807) is 24.3 Å². The summed E-state index contributed by atoms with van der Waals surface area (Å²) in [7, 11) is 0. The molecule has 30 heavy (non-hydrogen) atoms. The number of imide groups is 1. The van der Waals surface area contributed by atoms with Crippen molar-refractivity contribution in [1.82, 2.24) is 10.2 Å². The van der Waals surface area contributed by atoms with Gasteiger partial charge in [-0.1, -0.05) is 35.0 Å². The van der Waals surface area contributed by atoms with E-state index in [1.807, 2.05) is 37.3 Å². The zero-order valence-corrected chi connectivity index (χ0v) is 16.3. The van der Waals surface area contributed by atoms with Crippen molar-refractivity contribution in [3.05, 3.63) is 71.4 Å². The molecule has 0 radical (unpaired) electrons. The summed E-state index contributed by atoms with van der Waals surface area (Å²) >= 11 is 0. The SMILES string of the molecule is Cc1ccc(-c2cc(CNc3ccc(C(=O)ON4C(=O)CCC4=O)cc3)no2)cc1. The second kappa shape index (κ2) is 8.20. The fourth-order valence-electron chi connectivity index (χ4n) is 2.96. The molecular formula is C22H19N3O5. The van der Waals surface area contributed by atoms with Crippen LogP contribution in [0.25, 0.3) is 11.3 Å². The Labute approximate surface area is 172 Å². The number of aryl methyl sites for hydroxylation is 1. The summed E-state index contributed by atoms with van der Waals surface area (Å²) in [6, 6.07) is 16.4. The van der Waals surface area contributed by atoms with Gasteiger partial charge in [0.25, 0.3) is 11.8 Å². The number of nitrogens with one attached hydrogen (secondary N) is 1. The number of hydrogen-bond acceptors (Lipinski definition) is 7. The summed E-state index contributed by atoms with van der Waals surface area (Å²) in [5.41, 5.74) is 3.86. The topological polar surface area (TPSA) is 102 Å². The van der Waals surface area contributed by atoms with Gasteiger partial charge in [-0.05, 0) is 31.2 Å². The normalized spacial score (nSPS) is 13.6. The lowest BCUT2D eigenvalue weighted by Crippen LogP contribution is -2.32. The Kier molecular flexibility index (Phi) is 5.30. The summed E-state index contributed by atoms with van der Waals surface area (Å²) in [6.45, 7) is 2.46. The Balaban J connectivity index is 1.34. The second-order valence-corrected chi connectivity index (χ2v) is 6.94. The number of hydroxylamine groups is 2. The molecule has 1 saturated heterocycles. The van der Waals surface area contributed by atoms with Crippen LogP contribution in [0.5, 0.6) is 0 Å². The third-order valence-electron chi connectivity index (χ3n) is 4.67. The van der Waals surface area contributed by atoms with E-state index in [1.165, 1.54) is 5.56 Å². The summed E-state index contributed by atoms with van der Waals surface area (Å²) < 4.78 is 5.40. The van der Waals surface area contributed by atoms with Crippen LogP contribution >= 0.6 is 0 Å². The molecule has 2 heterocycles. The fourth-order valence-corrected chi connectivity index (χ4v) is 2.96. The van der Waals surface area contributed by atoms with E-state index in [4.69, 9.17) is 9.36 Å². The molecule has 3 aromatic rings. The number of carbonyl (C=O) groups excluding carboxylic acids is 3. The largest absolute Gasteiger partial charge is 0.379 e. The molecule has 8 heteroatoms. The lowest BCUT2D eigenvalue weighted by molar-refractivity contribution is -0.172. The first-order valence-corrected chi connectivity index (χ1v) is 9.44. The maximum atomic E-state index is 12.1. The van der Waals surface area contributed by atoms with Crippen molar-refractivity contribution < 1.29 is 23.7 Å². The van der Waals surface area contributed by atoms with Crippen molar-refractivity contribution in [2.24, 2.45) is 0 Å². The average molecular weight is 405 g/mol.